The van der Waals surface area contributed by atoms with Crippen LogP contribution in [0, 0.1) is 6.92 Å². The standard InChI is InChI=1S/C33H39N7O5/c1-4-21(2)35-29(42)20-40-18-10-15-27(33(40)45)39-32(44)26(14-7-8-16-28(41)37-24-12-5-6-13-24)38-31(43)25-19-23-11-9-17-34-30(23)36-22(25)3/h8-11,15-19,24,26H,2,4-7,12-14,20H2,1,3H3,(H,35,42)(H,37,41)(H,38,43)(H,39,44)/b16-8+. The number of aryl methyl sites for hydroxylation is 1. The van der Waals surface area contributed by atoms with E-state index in [-0.39, 0.29) is 36.2 Å². The van der Waals surface area contributed by atoms with Crippen LogP contribution in [-0.2, 0) is 20.9 Å². The summed E-state index contributed by atoms with van der Waals surface area (Å²) in [5.74, 6) is -1.77. The number of anilines is 1. The molecule has 4 rings (SSSR count). The SMILES string of the molecule is C=C(CC)NC(=O)Cn1cccc(NC(=O)C(CC/C=C/C(=O)NC2CCCC2)NC(=O)c2cc3cccnc3nc2C)c1=O. The van der Waals surface area contributed by atoms with E-state index in [1.165, 1.54) is 29.0 Å². The third-order valence-corrected chi connectivity index (χ3v) is 7.57. The van der Waals surface area contributed by atoms with Crippen molar-refractivity contribution in [3.05, 3.63) is 88.8 Å². The Kier molecular flexibility index (Phi) is 11.3. The predicted molar refractivity (Wildman–Crippen MR) is 171 cm³/mol. The topological polar surface area (TPSA) is 164 Å². The molecule has 0 bridgehead atoms. The van der Waals surface area contributed by atoms with Crippen LogP contribution in [0.15, 0.2) is 71.9 Å². The summed E-state index contributed by atoms with van der Waals surface area (Å²) >= 11 is 0. The molecule has 3 aromatic heterocycles. The molecule has 0 spiro atoms. The summed E-state index contributed by atoms with van der Waals surface area (Å²) in [6, 6.07) is 7.27. The Morgan fingerprint density at radius 2 is 1.93 bits per heavy atom. The Balaban J connectivity index is 1.49. The molecule has 1 saturated carbocycles. The fourth-order valence-corrected chi connectivity index (χ4v) is 5.06. The van der Waals surface area contributed by atoms with E-state index in [9.17, 15) is 24.0 Å². The number of hydrogen-bond donors (Lipinski definition) is 4. The monoisotopic (exact) mass is 613 g/mol. The number of nitrogens with zero attached hydrogens (tertiary/aromatic N) is 3. The Morgan fingerprint density at radius 1 is 1.16 bits per heavy atom. The third kappa shape index (κ3) is 9.18. The lowest BCUT2D eigenvalue weighted by Crippen LogP contribution is -2.45. The van der Waals surface area contributed by atoms with Crippen LogP contribution in [0.25, 0.3) is 11.0 Å². The highest BCUT2D eigenvalue weighted by atomic mass is 16.2. The molecule has 1 aliphatic carbocycles. The third-order valence-electron chi connectivity index (χ3n) is 7.57. The minimum Gasteiger partial charge on any atom is -0.350 e. The van der Waals surface area contributed by atoms with Gasteiger partial charge in [0.1, 0.15) is 18.3 Å². The molecule has 1 aliphatic rings. The summed E-state index contributed by atoms with van der Waals surface area (Å²) in [6.45, 7) is 7.00. The molecular weight excluding hydrogens is 574 g/mol. The first-order valence-corrected chi connectivity index (χ1v) is 15.1. The number of carbonyl (C=O) groups excluding carboxylic acids is 4. The smallest absolute Gasteiger partial charge is 0.274 e. The maximum Gasteiger partial charge on any atom is 0.274 e. The van der Waals surface area contributed by atoms with Crippen LogP contribution >= 0.6 is 0 Å². The lowest BCUT2D eigenvalue weighted by atomic mass is 10.1. The lowest BCUT2D eigenvalue weighted by Gasteiger charge is -2.19. The van der Waals surface area contributed by atoms with E-state index in [1.54, 1.807) is 37.4 Å². The van der Waals surface area contributed by atoms with Crippen molar-refractivity contribution < 1.29 is 19.2 Å². The van der Waals surface area contributed by atoms with Gasteiger partial charge in [-0.2, -0.15) is 0 Å². The fraction of sp³-hybridized carbons (Fsp3) is 0.364. The quantitative estimate of drug-likeness (QED) is 0.215. The summed E-state index contributed by atoms with van der Waals surface area (Å²) in [4.78, 5) is 73.3. The Morgan fingerprint density at radius 3 is 2.69 bits per heavy atom. The van der Waals surface area contributed by atoms with Crippen molar-refractivity contribution in [1.29, 1.82) is 0 Å². The van der Waals surface area contributed by atoms with E-state index in [0.29, 0.717) is 35.3 Å². The molecule has 1 fully saturated rings. The van der Waals surface area contributed by atoms with Gasteiger partial charge in [-0.1, -0.05) is 32.4 Å². The number of hydrogen-bond acceptors (Lipinski definition) is 7. The molecule has 0 aromatic carbocycles. The van der Waals surface area contributed by atoms with Gasteiger partial charge in [0.2, 0.25) is 17.7 Å². The van der Waals surface area contributed by atoms with Crippen molar-refractivity contribution in [3.63, 3.8) is 0 Å². The normalized spacial score (nSPS) is 13.8. The molecule has 0 saturated heterocycles. The first kappa shape index (κ1) is 32.8. The first-order valence-electron chi connectivity index (χ1n) is 15.1. The van der Waals surface area contributed by atoms with Gasteiger partial charge < -0.3 is 25.8 Å². The average molecular weight is 614 g/mol. The predicted octanol–water partition coefficient (Wildman–Crippen LogP) is 3.27. The number of allylic oxidation sites excluding steroid dienone is 2. The highest BCUT2D eigenvalue weighted by Gasteiger charge is 2.24. The van der Waals surface area contributed by atoms with Gasteiger partial charge in [0.25, 0.3) is 11.5 Å². The minimum absolute atomic E-state index is 0.0509. The molecule has 12 nitrogen and oxygen atoms in total. The van der Waals surface area contributed by atoms with Gasteiger partial charge in [-0.15, -0.1) is 0 Å². The second kappa shape index (κ2) is 15.6. The van der Waals surface area contributed by atoms with E-state index >= 15 is 0 Å². The lowest BCUT2D eigenvalue weighted by molar-refractivity contribution is -0.121. The van der Waals surface area contributed by atoms with Gasteiger partial charge in [-0.05, 0) is 75.4 Å². The second-order valence-electron chi connectivity index (χ2n) is 11.0. The van der Waals surface area contributed by atoms with Crippen molar-refractivity contribution in [2.24, 2.45) is 0 Å². The highest BCUT2D eigenvalue weighted by Crippen LogP contribution is 2.18. The fourth-order valence-electron chi connectivity index (χ4n) is 5.06. The number of carbonyl (C=O) groups is 4. The average Bonchev–Trinajstić information content (AvgIpc) is 3.53. The van der Waals surface area contributed by atoms with Crippen LogP contribution in [0.5, 0.6) is 0 Å². The van der Waals surface area contributed by atoms with Crippen molar-refractivity contribution in [1.82, 2.24) is 30.5 Å². The molecule has 12 heteroatoms. The molecule has 1 atom stereocenters. The molecule has 3 heterocycles. The van der Waals surface area contributed by atoms with E-state index in [0.717, 1.165) is 25.7 Å². The van der Waals surface area contributed by atoms with Crippen LogP contribution in [-0.4, -0.2) is 50.2 Å². The van der Waals surface area contributed by atoms with E-state index in [4.69, 9.17) is 0 Å². The minimum atomic E-state index is -1.06. The van der Waals surface area contributed by atoms with Gasteiger partial charge in [0, 0.05) is 29.5 Å². The van der Waals surface area contributed by atoms with Crippen LogP contribution in [0.3, 0.4) is 0 Å². The Hall–Kier alpha value is -5.13. The molecule has 4 amide bonds. The maximum absolute atomic E-state index is 13.5. The van der Waals surface area contributed by atoms with Crippen molar-refractivity contribution in [2.45, 2.75) is 77.4 Å². The molecule has 45 heavy (non-hydrogen) atoms. The zero-order chi connectivity index (χ0) is 32.3. The molecular formula is C33H39N7O5. The van der Waals surface area contributed by atoms with Crippen molar-refractivity contribution in [3.8, 4) is 0 Å². The van der Waals surface area contributed by atoms with Gasteiger partial charge in [0.15, 0.2) is 5.65 Å². The molecule has 3 aromatic rings. The molecule has 4 N–H and O–H groups in total. The van der Waals surface area contributed by atoms with Crippen LogP contribution < -0.4 is 26.8 Å². The van der Waals surface area contributed by atoms with E-state index in [2.05, 4.69) is 37.8 Å². The summed E-state index contributed by atoms with van der Waals surface area (Å²) < 4.78 is 1.17. The molecule has 1 unspecified atom stereocenters. The number of amides is 4. The van der Waals surface area contributed by atoms with Crippen molar-refractivity contribution in [2.75, 3.05) is 5.32 Å². The molecule has 0 aliphatic heterocycles. The van der Waals surface area contributed by atoms with Gasteiger partial charge >= 0.3 is 0 Å². The Bertz CT molecular complexity index is 1670. The summed E-state index contributed by atoms with van der Waals surface area (Å²) in [5.41, 5.74) is 1.10. The van der Waals surface area contributed by atoms with Crippen LogP contribution in [0.1, 0.15) is 67.9 Å². The largest absolute Gasteiger partial charge is 0.350 e. The molecule has 236 valence electrons. The van der Waals surface area contributed by atoms with Gasteiger partial charge in [0.05, 0.1) is 11.3 Å². The van der Waals surface area contributed by atoms with E-state index in [1.807, 2.05) is 6.92 Å². The number of fused-ring (bicyclic) bond motifs is 1. The Labute approximate surface area is 261 Å². The first-order chi connectivity index (χ1) is 21.6. The number of aromatic nitrogens is 3. The van der Waals surface area contributed by atoms with E-state index < -0.39 is 29.3 Å². The number of nitrogens with one attached hydrogen (secondary N) is 4. The highest BCUT2D eigenvalue weighted by molar-refractivity contribution is 6.03. The van der Waals surface area contributed by atoms with Crippen LogP contribution in [0.4, 0.5) is 5.69 Å². The van der Waals surface area contributed by atoms with Crippen LogP contribution in [0.2, 0.25) is 0 Å². The summed E-state index contributed by atoms with van der Waals surface area (Å²) in [7, 11) is 0. The second-order valence-corrected chi connectivity index (χ2v) is 11.0. The van der Waals surface area contributed by atoms with Gasteiger partial charge in [-0.3, -0.25) is 24.0 Å². The van der Waals surface area contributed by atoms with Gasteiger partial charge in [-0.25, -0.2) is 9.97 Å². The summed E-state index contributed by atoms with van der Waals surface area (Å²) in [6.07, 6.45) is 11.3. The number of rotatable bonds is 13. The summed E-state index contributed by atoms with van der Waals surface area (Å²) in [5, 5.41) is 11.6. The number of pyridine rings is 3. The zero-order valence-corrected chi connectivity index (χ0v) is 25.6. The van der Waals surface area contributed by atoms with Crippen molar-refractivity contribution >= 4 is 40.3 Å². The zero-order valence-electron chi connectivity index (χ0n) is 25.6. The molecule has 0 radical (unpaired) electrons. The maximum atomic E-state index is 13.5.